The lowest BCUT2D eigenvalue weighted by atomic mass is 10.0. The number of hydrogen-bond acceptors (Lipinski definition) is 4. The first-order valence-corrected chi connectivity index (χ1v) is 9.50. The Labute approximate surface area is 128 Å². The number of methoxy groups -OCH3 is 1. The van der Waals surface area contributed by atoms with Gasteiger partial charge in [0.15, 0.2) is 5.96 Å². The van der Waals surface area contributed by atoms with E-state index in [2.05, 4.69) is 15.6 Å². The van der Waals surface area contributed by atoms with E-state index in [1.165, 1.54) is 19.1 Å². The molecule has 0 radical (unpaired) electrons. The molecule has 0 aliphatic heterocycles. The van der Waals surface area contributed by atoms with Crippen molar-refractivity contribution in [2.45, 2.75) is 38.6 Å². The van der Waals surface area contributed by atoms with Crippen molar-refractivity contribution in [2.75, 3.05) is 39.3 Å². The van der Waals surface area contributed by atoms with Crippen LogP contribution in [0, 0.1) is 5.41 Å². The second kappa shape index (κ2) is 7.98. The molecule has 1 saturated carbocycles. The molecule has 21 heavy (non-hydrogen) atoms. The summed E-state index contributed by atoms with van der Waals surface area (Å²) in [6.45, 7) is 3.64. The molecule has 1 aliphatic rings. The molecule has 1 atom stereocenters. The maximum Gasteiger partial charge on any atom is 0.191 e. The van der Waals surface area contributed by atoms with Crippen molar-refractivity contribution in [3.05, 3.63) is 0 Å². The van der Waals surface area contributed by atoms with Gasteiger partial charge in [-0.3, -0.25) is 4.99 Å². The summed E-state index contributed by atoms with van der Waals surface area (Å²) in [5, 5.41) is 6.58. The topological polar surface area (TPSA) is 79.8 Å². The lowest BCUT2D eigenvalue weighted by molar-refractivity contribution is 0.172. The highest BCUT2D eigenvalue weighted by molar-refractivity contribution is 7.90. The van der Waals surface area contributed by atoms with Crippen molar-refractivity contribution in [1.29, 1.82) is 0 Å². The summed E-state index contributed by atoms with van der Waals surface area (Å²) in [5.41, 5.74) is 0.351. The van der Waals surface area contributed by atoms with Gasteiger partial charge in [0.2, 0.25) is 0 Å². The zero-order valence-electron chi connectivity index (χ0n) is 13.6. The first kappa shape index (κ1) is 18.2. The van der Waals surface area contributed by atoms with Gasteiger partial charge in [0.1, 0.15) is 9.84 Å². The van der Waals surface area contributed by atoms with Gasteiger partial charge >= 0.3 is 0 Å². The monoisotopic (exact) mass is 319 g/mol. The average molecular weight is 319 g/mol. The Hall–Kier alpha value is -0.820. The molecule has 0 aromatic carbocycles. The van der Waals surface area contributed by atoms with Gasteiger partial charge < -0.3 is 15.4 Å². The van der Waals surface area contributed by atoms with Crippen molar-refractivity contribution in [3.8, 4) is 0 Å². The molecular formula is C14H29N3O3S. The molecular weight excluding hydrogens is 290 g/mol. The summed E-state index contributed by atoms with van der Waals surface area (Å²) in [6.07, 6.45) is 5.36. The van der Waals surface area contributed by atoms with Gasteiger partial charge in [-0.15, -0.1) is 0 Å². The van der Waals surface area contributed by atoms with E-state index in [1.54, 1.807) is 14.2 Å². The minimum atomic E-state index is -2.91. The van der Waals surface area contributed by atoms with Gasteiger partial charge in [-0.25, -0.2) is 8.42 Å². The molecule has 0 bridgehead atoms. The summed E-state index contributed by atoms with van der Waals surface area (Å²) in [6, 6.07) is 0.0695. The van der Waals surface area contributed by atoms with Gasteiger partial charge in [0.25, 0.3) is 0 Å². The SMILES string of the molecule is CN=C(NCC1(CCOC)CC1)NC(C)CCS(C)(=O)=O. The fraction of sp³-hybridized carbons (Fsp3) is 0.929. The van der Waals surface area contributed by atoms with Gasteiger partial charge in [-0.2, -0.15) is 0 Å². The molecule has 1 aliphatic carbocycles. The Kier molecular flexibility index (Phi) is 6.93. The Bertz CT molecular complexity index is 444. The molecule has 124 valence electrons. The molecule has 0 heterocycles. The molecule has 0 aromatic heterocycles. The Balaban J connectivity index is 2.32. The molecule has 1 rings (SSSR count). The molecule has 0 saturated heterocycles. The third-order valence-electron chi connectivity index (χ3n) is 3.95. The van der Waals surface area contributed by atoms with Crippen LogP contribution in [0.15, 0.2) is 4.99 Å². The normalized spacial score (nSPS) is 19.1. The minimum absolute atomic E-state index is 0.0695. The maximum absolute atomic E-state index is 11.2. The number of nitrogens with one attached hydrogen (secondary N) is 2. The fourth-order valence-corrected chi connectivity index (χ4v) is 2.95. The molecule has 0 spiro atoms. The molecule has 0 amide bonds. The van der Waals surface area contributed by atoms with E-state index in [0.29, 0.717) is 11.8 Å². The predicted molar refractivity (Wildman–Crippen MR) is 86.4 cm³/mol. The van der Waals surface area contributed by atoms with Crippen LogP contribution < -0.4 is 10.6 Å². The van der Waals surface area contributed by atoms with Crippen molar-refractivity contribution < 1.29 is 13.2 Å². The van der Waals surface area contributed by atoms with E-state index in [1.807, 2.05) is 6.92 Å². The maximum atomic E-state index is 11.2. The van der Waals surface area contributed by atoms with E-state index >= 15 is 0 Å². The van der Waals surface area contributed by atoms with Crippen LogP contribution in [0.25, 0.3) is 0 Å². The van der Waals surface area contributed by atoms with Crippen LogP contribution in [0.3, 0.4) is 0 Å². The van der Waals surface area contributed by atoms with Crippen LogP contribution in [0.5, 0.6) is 0 Å². The van der Waals surface area contributed by atoms with E-state index in [0.717, 1.165) is 25.5 Å². The third-order valence-corrected chi connectivity index (χ3v) is 4.93. The second-order valence-electron chi connectivity index (χ2n) is 6.13. The van der Waals surface area contributed by atoms with Gasteiger partial charge in [0, 0.05) is 39.6 Å². The number of hydrogen-bond donors (Lipinski definition) is 2. The smallest absolute Gasteiger partial charge is 0.191 e. The summed E-state index contributed by atoms with van der Waals surface area (Å²) in [5.74, 6) is 0.926. The molecule has 1 unspecified atom stereocenters. The van der Waals surface area contributed by atoms with Crippen LogP contribution in [0.4, 0.5) is 0 Å². The van der Waals surface area contributed by atoms with Gasteiger partial charge in [-0.1, -0.05) is 0 Å². The van der Waals surface area contributed by atoms with Crippen LogP contribution in [0.2, 0.25) is 0 Å². The lowest BCUT2D eigenvalue weighted by Crippen LogP contribution is -2.44. The van der Waals surface area contributed by atoms with Crippen molar-refractivity contribution >= 4 is 15.8 Å². The largest absolute Gasteiger partial charge is 0.385 e. The highest BCUT2D eigenvalue weighted by Crippen LogP contribution is 2.48. The standard InChI is InChI=1S/C14H29N3O3S/c1-12(5-10-21(4,18)19)17-13(15-2)16-11-14(6-7-14)8-9-20-3/h12H,5-11H2,1-4H3,(H2,15,16,17). The van der Waals surface area contributed by atoms with Crippen molar-refractivity contribution in [1.82, 2.24) is 10.6 Å². The summed E-state index contributed by atoms with van der Waals surface area (Å²) < 4.78 is 27.5. The number of nitrogens with zero attached hydrogens (tertiary/aromatic N) is 1. The third kappa shape index (κ3) is 7.66. The zero-order valence-corrected chi connectivity index (χ0v) is 14.4. The Morgan fingerprint density at radius 3 is 2.57 bits per heavy atom. The van der Waals surface area contributed by atoms with E-state index < -0.39 is 9.84 Å². The Morgan fingerprint density at radius 2 is 2.10 bits per heavy atom. The number of sulfone groups is 1. The predicted octanol–water partition coefficient (Wildman–Crippen LogP) is 0.791. The number of rotatable bonds is 9. The molecule has 0 aromatic rings. The van der Waals surface area contributed by atoms with Crippen LogP contribution in [-0.4, -0.2) is 59.7 Å². The van der Waals surface area contributed by atoms with E-state index in [4.69, 9.17) is 4.74 Å². The van der Waals surface area contributed by atoms with E-state index in [-0.39, 0.29) is 11.8 Å². The minimum Gasteiger partial charge on any atom is -0.385 e. The quantitative estimate of drug-likeness (QED) is 0.485. The molecule has 7 heteroatoms. The summed E-state index contributed by atoms with van der Waals surface area (Å²) in [4.78, 5) is 4.20. The highest BCUT2D eigenvalue weighted by Gasteiger charge is 2.41. The number of guanidine groups is 1. The first-order chi connectivity index (χ1) is 9.80. The van der Waals surface area contributed by atoms with Gasteiger partial charge in [0.05, 0.1) is 5.75 Å². The van der Waals surface area contributed by atoms with E-state index in [9.17, 15) is 8.42 Å². The Morgan fingerprint density at radius 1 is 1.43 bits per heavy atom. The average Bonchev–Trinajstić information content (AvgIpc) is 3.18. The summed E-state index contributed by atoms with van der Waals surface area (Å²) in [7, 11) is 0.547. The molecule has 1 fully saturated rings. The summed E-state index contributed by atoms with van der Waals surface area (Å²) >= 11 is 0. The zero-order chi connectivity index (χ0) is 15.9. The highest BCUT2D eigenvalue weighted by atomic mass is 32.2. The van der Waals surface area contributed by atoms with Crippen LogP contribution >= 0.6 is 0 Å². The van der Waals surface area contributed by atoms with Crippen LogP contribution in [0.1, 0.15) is 32.6 Å². The number of ether oxygens (including phenoxy) is 1. The van der Waals surface area contributed by atoms with Gasteiger partial charge in [-0.05, 0) is 38.0 Å². The van der Waals surface area contributed by atoms with Crippen molar-refractivity contribution in [2.24, 2.45) is 10.4 Å². The number of aliphatic imine (C=N–C) groups is 1. The van der Waals surface area contributed by atoms with Crippen LogP contribution in [-0.2, 0) is 14.6 Å². The van der Waals surface area contributed by atoms with Crippen molar-refractivity contribution in [3.63, 3.8) is 0 Å². The fourth-order valence-electron chi connectivity index (χ4n) is 2.17. The second-order valence-corrected chi connectivity index (χ2v) is 8.39. The first-order valence-electron chi connectivity index (χ1n) is 7.44. The molecule has 6 nitrogen and oxygen atoms in total. The lowest BCUT2D eigenvalue weighted by Gasteiger charge is -2.21. The molecule has 2 N–H and O–H groups in total.